The summed E-state index contributed by atoms with van der Waals surface area (Å²) in [7, 11) is 1.57. The van der Waals surface area contributed by atoms with Crippen molar-refractivity contribution >= 4 is 28.7 Å². The van der Waals surface area contributed by atoms with Crippen molar-refractivity contribution in [3.05, 3.63) is 59.0 Å². The van der Waals surface area contributed by atoms with Gasteiger partial charge in [0.25, 0.3) is 5.56 Å². The van der Waals surface area contributed by atoms with Gasteiger partial charge in [-0.1, -0.05) is 30.0 Å². The molecule has 0 aliphatic heterocycles. The van der Waals surface area contributed by atoms with E-state index in [9.17, 15) is 9.59 Å². The lowest BCUT2D eigenvalue weighted by atomic mass is 10.3. The molecule has 0 unspecified atom stereocenters. The lowest BCUT2D eigenvalue weighted by molar-refractivity contribution is -0.118. The Bertz CT molecular complexity index is 909. The van der Waals surface area contributed by atoms with Crippen molar-refractivity contribution in [3.63, 3.8) is 0 Å². The van der Waals surface area contributed by atoms with Gasteiger partial charge in [-0.3, -0.25) is 14.2 Å². The highest BCUT2D eigenvalue weighted by Crippen LogP contribution is 2.20. The maximum atomic E-state index is 12.8. The standard InChI is InChI=1S/C16H14N4O2S/c1-17-13(21)10-23-16-19-14-12(8-5-9-18-14)15(22)20(16)11-6-3-2-4-7-11/h2-9H,10H2,1H3,(H,17,21). The number of fused-ring (bicyclic) bond motifs is 1. The number of thioether (sulfide) groups is 1. The van der Waals surface area contributed by atoms with Crippen molar-refractivity contribution in [1.29, 1.82) is 0 Å². The lowest BCUT2D eigenvalue weighted by Gasteiger charge is -2.12. The first-order chi connectivity index (χ1) is 11.2. The molecule has 1 amide bonds. The van der Waals surface area contributed by atoms with Gasteiger partial charge in [0, 0.05) is 13.2 Å². The molecule has 0 aliphatic rings. The highest BCUT2D eigenvalue weighted by molar-refractivity contribution is 7.99. The summed E-state index contributed by atoms with van der Waals surface area (Å²) >= 11 is 1.20. The van der Waals surface area contributed by atoms with Gasteiger partial charge in [0.15, 0.2) is 10.8 Å². The van der Waals surface area contributed by atoms with E-state index >= 15 is 0 Å². The quantitative estimate of drug-likeness (QED) is 0.582. The van der Waals surface area contributed by atoms with Crippen LogP contribution in [0.1, 0.15) is 0 Å². The summed E-state index contributed by atoms with van der Waals surface area (Å²) in [6.45, 7) is 0. The molecule has 0 aliphatic carbocycles. The SMILES string of the molecule is CNC(=O)CSc1nc2ncccc2c(=O)n1-c1ccccc1. The molecule has 0 bridgehead atoms. The Labute approximate surface area is 136 Å². The molecule has 0 saturated heterocycles. The van der Waals surface area contributed by atoms with E-state index in [1.165, 1.54) is 16.3 Å². The molecule has 2 heterocycles. The molecule has 0 saturated carbocycles. The Kier molecular flexibility index (Phi) is 4.38. The van der Waals surface area contributed by atoms with Crippen molar-refractivity contribution in [1.82, 2.24) is 19.9 Å². The topological polar surface area (TPSA) is 76.9 Å². The van der Waals surface area contributed by atoms with Crippen molar-refractivity contribution in [2.24, 2.45) is 0 Å². The average Bonchev–Trinajstić information content (AvgIpc) is 2.60. The van der Waals surface area contributed by atoms with Crippen molar-refractivity contribution in [3.8, 4) is 5.69 Å². The van der Waals surface area contributed by atoms with Gasteiger partial charge in [-0.25, -0.2) is 9.97 Å². The molecular formula is C16H14N4O2S. The molecule has 3 rings (SSSR count). The first-order valence-electron chi connectivity index (χ1n) is 6.97. The van der Waals surface area contributed by atoms with Crippen molar-refractivity contribution < 1.29 is 4.79 Å². The van der Waals surface area contributed by atoms with E-state index in [1.54, 1.807) is 25.4 Å². The monoisotopic (exact) mass is 326 g/mol. The molecule has 6 nitrogen and oxygen atoms in total. The third kappa shape index (κ3) is 3.09. The Balaban J connectivity index is 2.19. The van der Waals surface area contributed by atoms with Crippen LogP contribution in [0.2, 0.25) is 0 Å². The van der Waals surface area contributed by atoms with Gasteiger partial charge in [0.1, 0.15) is 0 Å². The number of rotatable bonds is 4. The maximum absolute atomic E-state index is 12.8. The van der Waals surface area contributed by atoms with Gasteiger partial charge < -0.3 is 5.32 Å². The Morgan fingerprint density at radius 3 is 2.74 bits per heavy atom. The number of benzene rings is 1. The average molecular weight is 326 g/mol. The number of hydrogen-bond donors (Lipinski definition) is 1. The van der Waals surface area contributed by atoms with Crippen LogP contribution in [-0.4, -0.2) is 33.2 Å². The fraction of sp³-hybridized carbons (Fsp3) is 0.125. The minimum Gasteiger partial charge on any atom is -0.358 e. The molecular weight excluding hydrogens is 312 g/mol. The van der Waals surface area contributed by atoms with Gasteiger partial charge in [-0.05, 0) is 24.3 Å². The van der Waals surface area contributed by atoms with Crippen molar-refractivity contribution in [2.75, 3.05) is 12.8 Å². The molecule has 3 aromatic rings. The zero-order valence-corrected chi connectivity index (χ0v) is 13.2. The third-order valence-corrected chi connectivity index (χ3v) is 4.18. The lowest BCUT2D eigenvalue weighted by Crippen LogP contribution is -2.24. The second-order valence-electron chi connectivity index (χ2n) is 4.71. The second kappa shape index (κ2) is 6.62. The molecule has 116 valence electrons. The van der Waals surface area contributed by atoms with E-state index in [0.29, 0.717) is 21.9 Å². The number of nitrogens with one attached hydrogen (secondary N) is 1. The number of para-hydroxylation sites is 1. The number of carbonyl (C=O) groups is 1. The van der Waals surface area contributed by atoms with E-state index < -0.39 is 0 Å². The van der Waals surface area contributed by atoms with E-state index in [1.807, 2.05) is 30.3 Å². The van der Waals surface area contributed by atoms with Crippen LogP contribution in [0, 0.1) is 0 Å². The molecule has 2 aromatic heterocycles. The molecule has 0 atom stereocenters. The molecule has 0 radical (unpaired) electrons. The van der Waals surface area contributed by atoms with Crippen LogP contribution in [-0.2, 0) is 4.79 Å². The zero-order chi connectivity index (χ0) is 16.2. The first-order valence-corrected chi connectivity index (χ1v) is 7.96. The Hall–Kier alpha value is -2.67. The third-order valence-electron chi connectivity index (χ3n) is 3.24. The normalized spacial score (nSPS) is 10.7. The maximum Gasteiger partial charge on any atom is 0.268 e. The molecule has 1 aromatic carbocycles. The van der Waals surface area contributed by atoms with Crippen molar-refractivity contribution in [2.45, 2.75) is 5.16 Å². The summed E-state index contributed by atoms with van der Waals surface area (Å²) in [5.41, 5.74) is 0.882. The summed E-state index contributed by atoms with van der Waals surface area (Å²) in [6, 6.07) is 12.6. The molecule has 1 N–H and O–H groups in total. The fourth-order valence-electron chi connectivity index (χ4n) is 2.10. The molecule has 0 fully saturated rings. The summed E-state index contributed by atoms with van der Waals surface area (Å²) in [5, 5.41) is 3.44. The van der Waals surface area contributed by atoms with E-state index in [4.69, 9.17) is 0 Å². The van der Waals surface area contributed by atoms with Crippen LogP contribution in [0.25, 0.3) is 16.7 Å². The minimum atomic E-state index is -0.200. The van der Waals surface area contributed by atoms with Crippen LogP contribution in [0.4, 0.5) is 0 Å². The molecule has 7 heteroatoms. The van der Waals surface area contributed by atoms with Crippen LogP contribution >= 0.6 is 11.8 Å². The summed E-state index contributed by atoms with van der Waals surface area (Å²) < 4.78 is 1.51. The highest BCUT2D eigenvalue weighted by Gasteiger charge is 2.14. The van der Waals surface area contributed by atoms with Crippen LogP contribution in [0.5, 0.6) is 0 Å². The van der Waals surface area contributed by atoms with Gasteiger partial charge in [-0.2, -0.15) is 0 Å². The predicted molar refractivity (Wildman–Crippen MR) is 89.9 cm³/mol. The van der Waals surface area contributed by atoms with E-state index in [-0.39, 0.29) is 17.2 Å². The Morgan fingerprint density at radius 1 is 1.22 bits per heavy atom. The fourth-order valence-corrected chi connectivity index (χ4v) is 2.98. The minimum absolute atomic E-state index is 0.134. The zero-order valence-electron chi connectivity index (χ0n) is 12.4. The van der Waals surface area contributed by atoms with Gasteiger partial charge in [-0.15, -0.1) is 0 Å². The smallest absolute Gasteiger partial charge is 0.268 e. The highest BCUT2D eigenvalue weighted by atomic mass is 32.2. The Morgan fingerprint density at radius 2 is 2.00 bits per heavy atom. The van der Waals surface area contributed by atoms with Crippen LogP contribution < -0.4 is 10.9 Å². The number of nitrogens with zero attached hydrogens (tertiary/aromatic N) is 3. The van der Waals surface area contributed by atoms with Crippen LogP contribution in [0.3, 0.4) is 0 Å². The van der Waals surface area contributed by atoms with E-state index in [0.717, 1.165) is 0 Å². The predicted octanol–water partition coefficient (Wildman–Crippen LogP) is 1.62. The number of aromatic nitrogens is 3. The van der Waals surface area contributed by atoms with Gasteiger partial charge >= 0.3 is 0 Å². The molecule has 0 spiro atoms. The van der Waals surface area contributed by atoms with Gasteiger partial charge in [0.05, 0.1) is 16.8 Å². The van der Waals surface area contributed by atoms with E-state index in [2.05, 4.69) is 15.3 Å². The molecule has 23 heavy (non-hydrogen) atoms. The summed E-state index contributed by atoms with van der Waals surface area (Å²) in [5.74, 6) is 0.0404. The number of pyridine rings is 1. The van der Waals surface area contributed by atoms with Gasteiger partial charge in [0.2, 0.25) is 5.91 Å². The number of hydrogen-bond acceptors (Lipinski definition) is 5. The first kappa shape index (κ1) is 15.2. The van der Waals surface area contributed by atoms with Crippen LogP contribution in [0.15, 0.2) is 58.6 Å². The summed E-state index contributed by atoms with van der Waals surface area (Å²) in [6.07, 6.45) is 1.59. The summed E-state index contributed by atoms with van der Waals surface area (Å²) in [4.78, 5) is 33.0. The largest absolute Gasteiger partial charge is 0.358 e. The number of amides is 1. The second-order valence-corrected chi connectivity index (χ2v) is 5.65. The number of carbonyl (C=O) groups excluding carboxylic acids is 1.